The highest BCUT2D eigenvalue weighted by atomic mass is 35.5. The van der Waals surface area contributed by atoms with Gasteiger partial charge in [-0.1, -0.05) is 28.9 Å². The van der Waals surface area contributed by atoms with Crippen LogP contribution in [0.5, 0.6) is 0 Å². The fourth-order valence-electron chi connectivity index (χ4n) is 2.55. The molecule has 132 valence electrons. The molecule has 0 unspecified atom stereocenters. The van der Waals surface area contributed by atoms with E-state index in [0.29, 0.717) is 33.9 Å². The van der Waals surface area contributed by atoms with Gasteiger partial charge >= 0.3 is 0 Å². The van der Waals surface area contributed by atoms with Crippen LogP contribution >= 0.6 is 11.6 Å². The second-order valence-corrected chi connectivity index (χ2v) is 6.55. The number of pyridine rings is 1. The second-order valence-electron chi connectivity index (χ2n) is 6.14. The van der Waals surface area contributed by atoms with Gasteiger partial charge in [-0.2, -0.15) is 4.98 Å². The molecular formula is C18H15ClN4O3. The molecule has 26 heavy (non-hydrogen) atoms. The average molecular weight is 371 g/mol. The zero-order valence-corrected chi connectivity index (χ0v) is 14.4. The lowest BCUT2D eigenvalue weighted by Crippen LogP contribution is -2.26. The summed E-state index contributed by atoms with van der Waals surface area (Å²) in [7, 11) is 0. The van der Waals surface area contributed by atoms with Crippen LogP contribution in [0, 0.1) is 0 Å². The SMILES string of the molecule is O=C(Cn1cc(-c2nc(C3CC3)no2)ccc1=O)Nc1ccccc1Cl. The van der Waals surface area contributed by atoms with Crippen LogP contribution in [-0.2, 0) is 11.3 Å². The van der Waals surface area contributed by atoms with Gasteiger partial charge in [-0.3, -0.25) is 9.59 Å². The lowest BCUT2D eigenvalue weighted by molar-refractivity contribution is -0.116. The fourth-order valence-corrected chi connectivity index (χ4v) is 2.73. The minimum Gasteiger partial charge on any atom is -0.334 e. The molecule has 1 aromatic carbocycles. The molecular weight excluding hydrogens is 356 g/mol. The van der Waals surface area contributed by atoms with Gasteiger partial charge in [0.15, 0.2) is 5.82 Å². The number of carbonyl (C=O) groups is 1. The number of nitrogens with zero attached hydrogens (tertiary/aromatic N) is 3. The monoisotopic (exact) mass is 370 g/mol. The summed E-state index contributed by atoms with van der Waals surface area (Å²) >= 11 is 6.03. The molecule has 0 spiro atoms. The van der Waals surface area contributed by atoms with Gasteiger partial charge in [0, 0.05) is 18.2 Å². The third kappa shape index (κ3) is 3.52. The second kappa shape index (κ2) is 6.76. The number of benzene rings is 1. The highest BCUT2D eigenvalue weighted by molar-refractivity contribution is 6.33. The van der Waals surface area contributed by atoms with Crippen molar-refractivity contribution in [2.24, 2.45) is 0 Å². The number of anilines is 1. The Balaban J connectivity index is 1.53. The molecule has 2 aromatic heterocycles. The summed E-state index contributed by atoms with van der Waals surface area (Å²) < 4.78 is 6.56. The first-order chi connectivity index (χ1) is 12.6. The maximum Gasteiger partial charge on any atom is 0.259 e. The van der Waals surface area contributed by atoms with E-state index in [2.05, 4.69) is 15.5 Å². The van der Waals surface area contributed by atoms with Gasteiger partial charge in [0.05, 0.1) is 16.3 Å². The molecule has 0 atom stereocenters. The van der Waals surface area contributed by atoms with E-state index in [0.717, 1.165) is 12.8 Å². The van der Waals surface area contributed by atoms with E-state index in [4.69, 9.17) is 16.1 Å². The van der Waals surface area contributed by atoms with Crippen LogP contribution in [-0.4, -0.2) is 20.6 Å². The normalized spacial score (nSPS) is 13.6. The lowest BCUT2D eigenvalue weighted by Gasteiger charge is -2.09. The van der Waals surface area contributed by atoms with Crippen LogP contribution in [0.15, 0.2) is 51.9 Å². The predicted octanol–water partition coefficient (Wildman–Crippen LogP) is 3.07. The van der Waals surface area contributed by atoms with Crippen LogP contribution < -0.4 is 10.9 Å². The topological polar surface area (TPSA) is 90.0 Å². The van der Waals surface area contributed by atoms with Gasteiger partial charge in [-0.15, -0.1) is 0 Å². The van der Waals surface area contributed by atoms with Gasteiger partial charge < -0.3 is 14.4 Å². The Kier molecular flexibility index (Phi) is 4.30. The highest BCUT2D eigenvalue weighted by Crippen LogP contribution is 2.38. The molecule has 0 radical (unpaired) electrons. The maximum atomic E-state index is 12.3. The first-order valence-corrected chi connectivity index (χ1v) is 8.57. The molecule has 0 aliphatic heterocycles. The number of halogens is 1. The first kappa shape index (κ1) is 16.5. The summed E-state index contributed by atoms with van der Waals surface area (Å²) in [5, 5.41) is 7.09. The van der Waals surface area contributed by atoms with E-state index in [-0.39, 0.29) is 18.0 Å². The van der Waals surface area contributed by atoms with Crippen molar-refractivity contribution in [1.29, 1.82) is 0 Å². The fraction of sp³-hybridized carbons (Fsp3) is 0.222. The van der Waals surface area contributed by atoms with Crippen LogP contribution in [0.3, 0.4) is 0 Å². The summed E-state index contributed by atoms with van der Waals surface area (Å²) in [5.41, 5.74) is 0.786. The molecule has 1 aliphatic rings. The predicted molar refractivity (Wildman–Crippen MR) is 96.1 cm³/mol. The van der Waals surface area contributed by atoms with Crippen molar-refractivity contribution in [2.45, 2.75) is 25.3 Å². The first-order valence-electron chi connectivity index (χ1n) is 8.19. The van der Waals surface area contributed by atoms with Gasteiger partial charge in [-0.05, 0) is 31.0 Å². The zero-order chi connectivity index (χ0) is 18.1. The van der Waals surface area contributed by atoms with E-state index in [1.807, 2.05) is 0 Å². The largest absolute Gasteiger partial charge is 0.334 e. The molecule has 1 fully saturated rings. The number of rotatable bonds is 5. The van der Waals surface area contributed by atoms with E-state index < -0.39 is 0 Å². The molecule has 1 amide bonds. The van der Waals surface area contributed by atoms with Gasteiger partial charge in [-0.25, -0.2) is 0 Å². The van der Waals surface area contributed by atoms with E-state index in [1.54, 1.807) is 36.5 Å². The molecule has 0 saturated heterocycles. The Morgan fingerprint density at radius 3 is 2.85 bits per heavy atom. The van der Waals surface area contributed by atoms with Gasteiger partial charge in [0.1, 0.15) is 6.54 Å². The zero-order valence-electron chi connectivity index (χ0n) is 13.7. The molecule has 3 aromatic rings. The third-order valence-electron chi connectivity index (χ3n) is 4.08. The average Bonchev–Trinajstić information content (AvgIpc) is 3.36. The van der Waals surface area contributed by atoms with Crippen LogP contribution in [0.4, 0.5) is 5.69 Å². The van der Waals surface area contributed by atoms with E-state index in [1.165, 1.54) is 10.6 Å². The van der Waals surface area contributed by atoms with Gasteiger partial charge in [0.25, 0.3) is 11.4 Å². The molecule has 4 rings (SSSR count). The van der Waals surface area contributed by atoms with Crippen LogP contribution in [0.2, 0.25) is 5.02 Å². The standard InChI is InChI=1S/C18H15ClN4O3/c19-13-3-1-2-4-14(13)20-15(24)10-23-9-12(7-8-16(23)25)18-21-17(22-26-18)11-5-6-11/h1-4,7-9,11H,5-6,10H2,(H,20,24). The number of para-hydroxylation sites is 1. The summed E-state index contributed by atoms with van der Waals surface area (Å²) in [6.07, 6.45) is 3.68. The number of aromatic nitrogens is 3. The summed E-state index contributed by atoms with van der Waals surface area (Å²) in [6, 6.07) is 9.88. The molecule has 2 heterocycles. The minimum atomic E-state index is -0.360. The summed E-state index contributed by atoms with van der Waals surface area (Å²) in [5.74, 6) is 1.04. The molecule has 8 heteroatoms. The van der Waals surface area contributed by atoms with E-state index in [9.17, 15) is 9.59 Å². The van der Waals surface area contributed by atoms with Crippen molar-refractivity contribution in [3.05, 3.63) is 63.8 Å². The Labute approximate surface area is 153 Å². The number of amides is 1. The Hall–Kier alpha value is -2.93. The number of nitrogens with one attached hydrogen (secondary N) is 1. The Morgan fingerprint density at radius 2 is 2.08 bits per heavy atom. The maximum absolute atomic E-state index is 12.3. The van der Waals surface area contributed by atoms with Crippen molar-refractivity contribution in [2.75, 3.05) is 5.32 Å². The van der Waals surface area contributed by atoms with Crippen molar-refractivity contribution in [3.8, 4) is 11.5 Å². The highest BCUT2D eigenvalue weighted by Gasteiger charge is 2.29. The van der Waals surface area contributed by atoms with Crippen molar-refractivity contribution >= 4 is 23.2 Å². The minimum absolute atomic E-state index is 0.151. The van der Waals surface area contributed by atoms with Crippen LogP contribution in [0.25, 0.3) is 11.5 Å². The summed E-state index contributed by atoms with van der Waals surface area (Å²) in [4.78, 5) is 28.7. The molecule has 1 saturated carbocycles. The lowest BCUT2D eigenvalue weighted by atomic mass is 10.2. The Morgan fingerprint density at radius 1 is 1.27 bits per heavy atom. The smallest absolute Gasteiger partial charge is 0.259 e. The van der Waals surface area contributed by atoms with Gasteiger partial charge in [0.2, 0.25) is 5.91 Å². The number of hydrogen-bond acceptors (Lipinski definition) is 5. The molecule has 0 bridgehead atoms. The Bertz CT molecular complexity index is 1020. The van der Waals surface area contributed by atoms with Crippen LogP contribution in [0.1, 0.15) is 24.6 Å². The number of carbonyl (C=O) groups excluding carboxylic acids is 1. The third-order valence-corrected chi connectivity index (χ3v) is 4.41. The quantitative estimate of drug-likeness (QED) is 0.745. The molecule has 7 nitrogen and oxygen atoms in total. The molecule has 1 N–H and O–H groups in total. The summed E-state index contributed by atoms with van der Waals surface area (Å²) in [6.45, 7) is -0.151. The van der Waals surface area contributed by atoms with E-state index >= 15 is 0 Å². The van der Waals surface area contributed by atoms with Crippen molar-refractivity contribution in [3.63, 3.8) is 0 Å². The van der Waals surface area contributed by atoms with Crippen molar-refractivity contribution in [1.82, 2.24) is 14.7 Å². The number of hydrogen-bond donors (Lipinski definition) is 1. The molecule has 1 aliphatic carbocycles. The van der Waals surface area contributed by atoms with Crippen molar-refractivity contribution < 1.29 is 9.32 Å².